The van der Waals surface area contributed by atoms with Crippen LogP contribution in [0.3, 0.4) is 0 Å². The van der Waals surface area contributed by atoms with Crippen molar-refractivity contribution in [1.82, 2.24) is 0 Å². The number of rotatable bonds is 2. The Kier molecular flexibility index (Phi) is 6.18. The van der Waals surface area contributed by atoms with Gasteiger partial charge in [-0.15, -0.1) is 34.0 Å². The maximum absolute atomic E-state index is 6.36. The van der Waals surface area contributed by atoms with E-state index in [1.807, 2.05) is 34.0 Å². The zero-order valence-corrected chi connectivity index (χ0v) is 34.3. The molecule has 15 rings (SSSR count). The van der Waals surface area contributed by atoms with Crippen LogP contribution >= 0.6 is 34.0 Å². The average Bonchev–Trinajstić information content (AvgIpc) is 4.11. The van der Waals surface area contributed by atoms with Crippen LogP contribution in [0.2, 0.25) is 0 Å². The molecule has 6 heterocycles. The maximum atomic E-state index is 6.36. The molecule has 0 unspecified atom stereocenters. The number of hydrogen-bond donors (Lipinski definition) is 0. The summed E-state index contributed by atoms with van der Waals surface area (Å²) < 4.78 is 14.3. The molecular weight excluding hydrogens is 786 g/mol. The van der Waals surface area contributed by atoms with E-state index in [1.54, 1.807) is 0 Å². The first-order chi connectivity index (χ1) is 29.7. The molecular formula is C54H28BNOS3. The van der Waals surface area contributed by atoms with Crippen molar-refractivity contribution < 1.29 is 4.42 Å². The van der Waals surface area contributed by atoms with Crippen LogP contribution in [0, 0.1) is 0 Å². The van der Waals surface area contributed by atoms with Crippen molar-refractivity contribution in [3.63, 3.8) is 0 Å². The van der Waals surface area contributed by atoms with Crippen LogP contribution in [0.25, 0.3) is 105 Å². The lowest BCUT2D eigenvalue weighted by molar-refractivity contribution is 0.669. The lowest BCUT2D eigenvalue weighted by Gasteiger charge is -2.37. The topological polar surface area (TPSA) is 16.4 Å². The fraction of sp³-hybridized carbons (Fsp3) is 0. The Balaban J connectivity index is 1.14. The second-order valence-electron chi connectivity index (χ2n) is 16.3. The Labute approximate surface area is 355 Å². The minimum atomic E-state index is 0.0788. The summed E-state index contributed by atoms with van der Waals surface area (Å²) in [7, 11) is 0. The highest BCUT2D eigenvalue weighted by Gasteiger charge is 2.45. The molecule has 6 heteroatoms. The summed E-state index contributed by atoms with van der Waals surface area (Å²) >= 11 is 5.70. The van der Waals surface area contributed by atoms with Crippen LogP contribution < -0.4 is 21.3 Å². The van der Waals surface area contributed by atoms with E-state index < -0.39 is 0 Å². The maximum Gasteiger partial charge on any atom is 0.248 e. The van der Waals surface area contributed by atoms with Crippen molar-refractivity contribution in [2.45, 2.75) is 0 Å². The van der Waals surface area contributed by atoms with E-state index >= 15 is 0 Å². The van der Waals surface area contributed by atoms with Crippen LogP contribution in [-0.4, -0.2) is 6.71 Å². The van der Waals surface area contributed by atoms with Crippen molar-refractivity contribution in [1.29, 1.82) is 0 Å². The molecule has 0 radical (unpaired) electrons. The second kappa shape index (κ2) is 11.5. The first-order valence-corrected chi connectivity index (χ1v) is 22.9. The van der Waals surface area contributed by atoms with Gasteiger partial charge in [0.05, 0.1) is 11.4 Å². The molecule has 13 aromatic rings. The van der Waals surface area contributed by atoms with Crippen LogP contribution in [0.4, 0.5) is 17.1 Å². The van der Waals surface area contributed by atoms with E-state index in [4.69, 9.17) is 4.42 Å². The van der Waals surface area contributed by atoms with E-state index in [0.717, 1.165) is 21.9 Å². The Hall–Kier alpha value is -6.70. The fourth-order valence-corrected chi connectivity index (χ4v) is 14.2. The molecule has 0 bridgehead atoms. The molecule has 0 atom stereocenters. The van der Waals surface area contributed by atoms with E-state index in [9.17, 15) is 0 Å². The summed E-state index contributed by atoms with van der Waals surface area (Å²) in [4.78, 5) is 2.68. The molecule has 0 amide bonds. The van der Waals surface area contributed by atoms with Crippen LogP contribution in [0.1, 0.15) is 0 Å². The van der Waals surface area contributed by atoms with Crippen LogP contribution in [0.15, 0.2) is 174 Å². The van der Waals surface area contributed by atoms with Crippen molar-refractivity contribution in [3.05, 3.63) is 170 Å². The third-order valence-corrected chi connectivity index (χ3v) is 16.7. The van der Waals surface area contributed by atoms with Gasteiger partial charge in [-0.05, 0) is 106 Å². The minimum Gasteiger partial charge on any atom is -0.456 e. The molecule has 0 aliphatic carbocycles. The number of hydrogen-bond acceptors (Lipinski definition) is 5. The standard InChI is InChI=1S/C54H28BNOS3/c1-5-15-41-31(10-1)35-26-29(20-23-42(35)57-41)30-27-36-49-37(21-24-47-51(49)33-12-3-7-17-44(33)59-47)55-38-22-25-48-52(34-13-4-8-18-45(34)60-48)54(38)56(40(28-30)53(36)55)39-14-9-19-46-50(39)32-11-2-6-16-43(32)58-46/h1-28H. The summed E-state index contributed by atoms with van der Waals surface area (Å²) in [5, 5.41) is 10.3. The van der Waals surface area contributed by atoms with Crippen molar-refractivity contribution >= 4 is 157 Å². The molecule has 9 aromatic carbocycles. The summed E-state index contributed by atoms with van der Waals surface area (Å²) in [6, 6.07) is 63.8. The number of nitrogens with zero attached hydrogens (tertiary/aromatic N) is 1. The van der Waals surface area contributed by atoms with Crippen LogP contribution in [0.5, 0.6) is 0 Å². The monoisotopic (exact) mass is 813 g/mol. The molecule has 0 saturated carbocycles. The molecule has 0 spiro atoms. The quantitative estimate of drug-likeness (QED) is 0.162. The highest BCUT2D eigenvalue weighted by atomic mass is 32.1. The summed E-state index contributed by atoms with van der Waals surface area (Å²) in [5.74, 6) is 0. The summed E-state index contributed by atoms with van der Waals surface area (Å²) in [5.41, 5.74) is 14.9. The number of benzene rings is 9. The van der Waals surface area contributed by atoms with Crippen molar-refractivity contribution in [2.75, 3.05) is 4.90 Å². The van der Waals surface area contributed by atoms with Gasteiger partial charge in [0.2, 0.25) is 6.71 Å². The van der Waals surface area contributed by atoms with Gasteiger partial charge in [0.15, 0.2) is 0 Å². The number of fused-ring (bicyclic) bond motifs is 19. The van der Waals surface area contributed by atoms with Gasteiger partial charge in [-0.25, -0.2) is 0 Å². The molecule has 60 heavy (non-hydrogen) atoms. The SMILES string of the molecule is c1ccc2c(c1)oc1ccc(-c3cc4c5c(c3)N(c3cccc6sc7ccccc7c36)c3c(ccc6sc7ccccc7c36)B5c3ccc5sc6ccccc6c5c3-4)cc12. The Bertz CT molecular complexity index is 4050. The number of thiophene rings is 3. The average molecular weight is 814 g/mol. The Morgan fingerprint density at radius 2 is 1.00 bits per heavy atom. The molecule has 2 aliphatic heterocycles. The van der Waals surface area contributed by atoms with Crippen LogP contribution in [-0.2, 0) is 0 Å². The lowest BCUT2D eigenvalue weighted by atomic mass is 9.37. The van der Waals surface area contributed by atoms with Gasteiger partial charge in [0, 0.05) is 77.0 Å². The van der Waals surface area contributed by atoms with Crippen molar-refractivity contribution in [3.8, 4) is 22.3 Å². The third-order valence-electron chi connectivity index (χ3n) is 13.3. The fourth-order valence-electron chi connectivity index (χ4n) is 10.8. The molecule has 4 aromatic heterocycles. The molecule has 0 fully saturated rings. The molecule has 0 N–H and O–H groups in total. The normalized spacial score (nSPS) is 13.3. The van der Waals surface area contributed by atoms with Gasteiger partial charge in [-0.1, -0.05) is 103 Å². The van der Waals surface area contributed by atoms with E-state index in [2.05, 4.69) is 175 Å². The first kappa shape index (κ1) is 32.2. The minimum absolute atomic E-state index is 0.0788. The van der Waals surface area contributed by atoms with Gasteiger partial charge in [0.25, 0.3) is 0 Å². The first-order valence-electron chi connectivity index (χ1n) is 20.4. The molecule has 0 saturated heterocycles. The highest BCUT2D eigenvalue weighted by Crippen LogP contribution is 2.53. The predicted molar refractivity (Wildman–Crippen MR) is 263 cm³/mol. The van der Waals surface area contributed by atoms with Gasteiger partial charge < -0.3 is 9.32 Å². The Morgan fingerprint density at radius 3 is 1.77 bits per heavy atom. The molecule has 276 valence electrons. The third kappa shape index (κ3) is 4.08. The largest absolute Gasteiger partial charge is 0.456 e. The van der Waals surface area contributed by atoms with E-state index in [-0.39, 0.29) is 6.71 Å². The van der Waals surface area contributed by atoms with Gasteiger partial charge >= 0.3 is 0 Å². The number of para-hydroxylation sites is 1. The van der Waals surface area contributed by atoms with E-state index in [0.29, 0.717) is 0 Å². The molecule has 2 nitrogen and oxygen atoms in total. The second-order valence-corrected chi connectivity index (χ2v) is 19.5. The van der Waals surface area contributed by atoms with E-state index in [1.165, 1.54) is 116 Å². The van der Waals surface area contributed by atoms with Gasteiger partial charge in [-0.3, -0.25) is 0 Å². The smallest absolute Gasteiger partial charge is 0.248 e. The summed E-state index contributed by atoms with van der Waals surface area (Å²) in [6.45, 7) is 0.0788. The lowest BCUT2D eigenvalue weighted by Crippen LogP contribution is -2.54. The van der Waals surface area contributed by atoms with Gasteiger partial charge in [0.1, 0.15) is 11.2 Å². The zero-order valence-electron chi connectivity index (χ0n) is 31.8. The summed E-state index contributed by atoms with van der Waals surface area (Å²) in [6.07, 6.45) is 0. The number of anilines is 3. The predicted octanol–water partition coefficient (Wildman–Crippen LogP) is 14.6. The highest BCUT2D eigenvalue weighted by molar-refractivity contribution is 7.27. The zero-order chi connectivity index (χ0) is 38.8. The molecule has 2 aliphatic rings. The Morgan fingerprint density at radius 1 is 0.400 bits per heavy atom. The van der Waals surface area contributed by atoms with Gasteiger partial charge in [-0.2, -0.15) is 0 Å². The number of furan rings is 1. The van der Waals surface area contributed by atoms with Crippen molar-refractivity contribution in [2.24, 2.45) is 0 Å².